The molecule has 1 aromatic carbocycles. The molecule has 2 unspecified atom stereocenters. The standard InChI is InChI=1S/C16H21N5/c1-12-8-15(12)20-16(17-2)18-9-13-10-19-21(11-13)14-6-4-3-5-7-14/h3-7,10-12,15H,8-9H2,1-2H3,(H2,17,18,20). The van der Waals surface area contributed by atoms with Gasteiger partial charge in [-0.05, 0) is 24.5 Å². The van der Waals surface area contributed by atoms with Gasteiger partial charge in [-0.2, -0.15) is 5.10 Å². The van der Waals surface area contributed by atoms with Crippen molar-refractivity contribution in [2.75, 3.05) is 7.05 Å². The summed E-state index contributed by atoms with van der Waals surface area (Å²) >= 11 is 0. The van der Waals surface area contributed by atoms with Gasteiger partial charge in [-0.15, -0.1) is 0 Å². The van der Waals surface area contributed by atoms with Gasteiger partial charge in [0, 0.05) is 31.4 Å². The van der Waals surface area contributed by atoms with Gasteiger partial charge in [-0.25, -0.2) is 4.68 Å². The highest BCUT2D eigenvalue weighted by Crippen LogP contribution is 2.28. The molecule has 5 nitrogen and oxygen atoms in total. The van der Waals surface area contributed by atoms with Gasteiger partial charge in [0.25, 0.3) is 0 Å². The van der Waals surface area contributed by atoms with Crippen LogP contribution in [0.4, 0.5) is 0 Å². The molecule has 0 aliphatic heterocycles. The number of para-hydroxylation sites is 1. The Hall–Kier alpha value is -2.30. The van der Waals surface area contributed by atoms with E-state index >= 15 is 0 Å². The van der Waals surface area contributed by atoms with Gasteiger partial charge in [0.2, 0.25) is 0 Å². The average Bonchev–Trinajstić information content (AvgIpc) is 3.02. The molecule has 1 heterocycles. The van der Waals surface area contributed by atoms with E-state index in [2.05, 4.69) is 27.6 Å². The van der Waals surface area contributed by atoms with Gasteiger partial charge in [0.15, 0.2) is 5.96 Å². The average molecular weight is 283 g/mol. The molecule has 5 heteroatoms. The Bertz CT molecular complexity index is 617. The molecule has 2 aromatic rings. The van der Waals surface area contributed by atoms with Crippen LogP contribution < -0.4 is 10.6 Å². The van der Waals surface area contributed by atoms with E-state index in [0.717, 1.165) is 23.1 Å². The van der Waals surface area contributed by atoms with E-state index in [4.69, 9.17) is 0 Å². The van der Waals surface area contributed by atoms with Crippen molar-refractivity contribution in [2.45, 2.75) is 25.9 Å². The van der Waals surface area contributed by atoms with Crippen LogP contribution >= 0.6 is 0 Å². The number of benzene rings is 1. The van der Waals surface area contributed by atoms with E-state index in [1.165, 1.54) is 6.42 Å². The SMILES string of the molecule is CN=C(NCc1cnn(-c2ccccc2)c1)NC1CC1C. The monoisotopic (exact) mass is 283 g/mol. The summed E-state index contributed by atoms with van der Waals surface area (Å²) in [4.78, 5) is 4.25. The highest BCUT2D eigenvalue weighted by molar-refractivity contribution is 5.80. The molecule has 0 saturated heterocycles. The van der Waals surface area contributed by atoms with E-state index in [1.807, 2.05) is 47.4 Å². The molecule has 21 heavy (non-hydrogen) atoms. The number of aliphatic imine (C=N–C) groups is 1. The van der Waals surface area contributed by atoms with Gasteiger partial charge >= 0.3 is 0 Å². The molecule has 1 aliphatic carbocycles. The van der Waals surface area contributed by atoms with Crippen molar-refractivity contribution in [3.8, 4) is 5.69 Å². The Labute approximate surface area is 125 Å². The predicted molar refractivity (Wildman–Crippen MR) is 84.5 cm³/mol. The maximum absolute atomic E-state index is 4.39. The minimum absolute atomic E-state index is 0.572. The maximum Gasteiger partial charge on any atom is 0.191 e. The Morgan fingerprint density at radius 1 is 1.38 bits per heavy atom. The van der Waals surface area contributed by atoms with E-state index in [1.54, 1.807) is 7.05 Å². The van der Waals surface area contributed by atoms with Gasteiger partial charge in [0.05, 0.1) is 11.9 Å². The Morgan fingerprint density at radius 3 is 2.81 bits per heavy atom. The Kier molecular flexibility index (Phi) is 3.90. The van der Waals surface area contributed by atoms with Crippen molar-refractivity contribution in [1.82, 2.24) is 20.4 Å². The third-order valence-corrected chi connectivity index (χ3v) is 3.77. The van der Waals surface area contributed by atoms with Crippen LogP contribution in [0.5, 0.6) is 0 Å². The quantitative estimate of drug-likeness (QED) is 0.666. The molecule has 2 N–H and O–H groups in total. The minimum Gasteiger partial charge on any atom is -0.353 e. The second-order valence-corrected chi connectivity index (χ2v) is 5.52. The lowest BCUT2D eigenvalue weighted by Gasteiger charge is -2.10. The fourth-order valence-electron chi connectivity index (χ4n) is 2.25. The summed E-state index contributed by atoms with van der Waals surface area (Å²) in [6, 6.07) is 10.7. The first-order valence-corrected chi connectivity index (χ1v) is 7.32. The zero-order valence-electron chi connectivity index (χ0n) is 12.5. The molecule has 0 amide bonds. The summed E-state index contributed by atoms with van der Waals surface area (Å²) in [7, 11) is 1.80. The largest absolute Gasteiger partial charge is 0.353 e. The molecule has 110 valence electrons. The molecular formula is C16H21N5. The number of rotatable bonds is 4. The van der Waals surface area contributed by atoms with Crippen molar-refractivity contribution in [3.05, 3.63) is 48.3 Å². The number of aromatic nitrogens is 2. The molecule has 0 radical (unpaired) electrons. The lowest BCUT2D eigenvalue weighted by atomic mass is 10.3. The second kappa shape index (κ2) is 5.99. The van der Waals surface area contributed by atoms with E-state index in [-0.39, 0.29) is 0 Å². The summed E-state index contributed by atoms with van der Waals surface area (Å²) in [5, 5.41) is 11.1. The molecule has 3 rings (SSSR count). The first-order valence-electron chi connectivity index (χ1n) is 7.32. The van der Waals surface area contributed by atoms with Crippen molar-refractivity contribution in [2.24, 2.45) is 10.9 Å². The van der Waals surface area contributed by atoms with E-state index < -0.39 is 0 Å². The lowest BCUT2D eigenvalue weighted by Crippen LogP contribution is -2.38. The topological polar surface area (TPSA) is 54.2 Å². The van der Waals surface area contributed by atoms with Crippen LogP contribution in [0, 0.1) is 5.92 Å². The summed E-state index contributed by atoms with van der Waals surface area (Å²) in [6.07, 6.45) is 5.15. The zero-order valence-corrected chi connectivity index (χ0v) is 12.5. The maximum atomic E-state index is 4.39. The highest BCUT2D eigenvalue weighted by atomic mass is 15.3. The lowest BCUT2D eigenvalue weighted by molar-refractivity contribution is 0.763. The van der Waals surface area contributed by atoms with Crippen LogP contribution in [0.25, 0.3) is 5.69 Å². The number of hydrogen-bond donors (Lipinski definition) is 2. The molecule has 0 spiro atoms. The van der Waals surface area contributed by atoms with Crippen molar-refractivity contribution in [1.29, 1.82) is 0 Å². The fourth-order valence-corrected chi connectivity index (χ4v) is 2.25. The number of guanidine groups is 1. The van der Waals surface area contributed by atoms with Crippen molar-refractivity contribution in [3.63, 3.8) is 0 Å². The van der Waals surface area contributed by atoms with E-state index in [0.29, 0.717) is 12.6 Å². The third-order valence-electron chi connectivity index (χ3n) is 3.77. The molecule has 1 aliphatic rings. The third kappa shape index (κ3) is 3.42. The molecular weight excluding hydrogens is 262 g/mol. The van der Waals surface area contributed by atoms with Crippen LogP contribution in [-0.4, -0.2) is 28.8 Å². The predicted octanol–water partition coefficient (Wildman–Crippen LogP) is 1.95. The molecule has 0 bridgehead atoms. The van der Waals surface area contributed by atoms with Crippen molar-refractivity contribution >= 4 is 5.96 Å². The van der Waals surface area contributed by atoms with Crippen LogP contribution in [0.15, 0.2) is 47.7 Å². The summed E-state index contributed by atoms with van der Waals surface area (Å²) in [6.45, 7) is 2.96. The molecule has 1 saturated carbocycles. The summed E-state index contributed by atoms with van der Waals surface area (Å²) in [5.41, 5.74) is 2.20. The van der Waals surface area contributed by atoms with Gasteiger partial charge < -0.3 is 10.6 Å². The minimum atomic E-state index is 0.572. The zero-order chi connectivity index (χ0) is 14.7. The number of nitrogens with zero attached hydrogens (tertiary/aromatic N) is 3. The van der Waals surface area contributed by atoms with Crippen LogP contribution in [0.3, 0.4) is 0 Å². The smallest absolute Gasteiger partial charge is 0.191 e. The van der Waals surface area contributed by atoms with Gasteiger partial charge in [-0.3, -0.25) is 4.99 Å². The van der Waals surface area contributed by atoms with Gasteiger partial charge in [0.1, 0.15) is 0 Å². The van der Waals surface area contributed by atoms with Gasteiger partial charge in [-0.1, -0.05) is 25.1 Å². The first-order chi connectivity index (χ1) is 10.3. The second-order valence-electron chi connectivity index (χ2n) is 5.52. The van der Waals surface area contributed by atoms with E-state index in [9.17, 15) is 0 Å². The van der Waals surface area contributed by atoms with Crippen LogP contribution in [0.1, 0.15) is 18.9 Å². The Balaban J connectivity index is 1.57. The van der Waals surface area contributed by atoms with Crippen LogP contribution in [0.2, 0.25) is 0 Å². The highest BCUT2D eigenvalue weighted by Gasteiger charge is 2.33. The molecule has 2 atom stereocenters. The summed E-state index contributed by atoms with van der Waals surface area (Å²) < 4.78 is 1.89. The number of nitrogens with one attached hydrogen (secondary N) is 2. The number of hydrogen-bond acceptors (Lipinski definition) is 2. The molecule has 1 fully saturated rings. The van der Waals surface area contributed by atoms with Crippen molar-refractivity contribution < 1.29 is 0 Å². The fraction of sp³-hybridized carbons (Fsp3) is 0.375. The Morgan fingerprint density at radius 2 is 2.14 bits per heavy atom. The molecule has 1 aromatic heterocycles. The normalized spacial score (nSPS) is 21.1. The first kappa shape index (κ1) is 13.7. The van der Waals surface area contributed by atoms with Crippen LogP contribution in [-0.2, 0) is 6.54 Å². The summed E-state index contributed by atoms with van der Waals surface area (Å²) in [5.74, 6) is 1.61.